The van der Waals surface area contributed by atoms with Crippen LogP contribution in [0.15, 0.2) is 60.7 Å². The van der Waals surface area contributed by atoms with Gasteiger partial charge in [-0.2, -0.15) is 0 Å². The molecule has 41 heavy (non-hydrogen) atoms. The lowest BCUT2D eigenvalue weighted by Gasteiger charge is -2.21. The van der Waals surface area contributed by atoms with Gasteiger partial charge in [-0.1, -0.05) is 102 Å². The van der Waals surface area contributed by atoms with E-state index in [9.17, 15) is 8.78 Å². The van der Waals surface area contributed by atoms with Gasteiger partial charge in [-0.3, -0.25) is 0 Å². The summed E-state index contributed by atoms with van der Waals surface area (Å²) in [5.41, 5.74) is 2.20. The van der Waals surface area contributed by atoms with E-state index in [1.54, 1.807) is 18.2 Å². The number of methoxy groups -OCH3 is 1. The molecule has 6 heteroatoms. The van der Waals surface area contributed by atoms with Crippen LogP contribution in [0, 0.1) is 11.6 Å². The highest BCUT2D eigenvalue weighted by Crippen LogP contribution is 2.32. The molecule has 1 unspecified atom stereocenters. The van der Waals surface area contributed by atoms with Crippen LogP contribution in [0.5, 0.6) is 11.5 Å². The summed E-state index contributed by atoms with van der Waals surface area (Å²) in [4.78, 5) is 0. The molecule has 0 saturated heterocycles. The summed E-state index contributed by atoms with van der Waals surface area (Å²) in [6.45, 7) is 4.98. The van der Waals surface area contributed by atoms with Crippen LogP contribution in [-0.2, 0) is 4.74 Å². The Bertz CT molecular complexity index is 1170. The third-order valence-electron chi connectivity index (χ3n) is 7.27. The molecule has 0 fully saturated rings. The number of alkyl halides is 1. The maximum atomic E-state index is 15.1. The minimum absolute atomic E-state index is 0.104. The Morgan fingerprint density at radius 3 is 1.88 bits per heavy atom. The molecule has 0 aromatic heterocycles. The van der Waals surface area contributed by atoms with Gasteiger partial charge in [0.2, 0.25) is 6.29 Å². The molecule has 0 radical (unpaired) electrons. The summed E-state index contributed by atoms with van der Waals surface area (Å²) < 4.78 is 61.1. The molecule has 0 aliphatic rings. The molecule has 2 atom stereocenters. The van der Waals surface area contributed by atoms with E-state index in [0.717, 1.165) is 43.4 Å². The van der Waals surface area contributed by atoms with Gasteiger partial charge in [-0.05, 0) is 59.9 Å². The summed E-state index contributed by atoms with van der Waals surface area (Å²) in [5.74, 6) is -0.411. The van der Waals surface area contributed by atoms with Crippen LogP contribution >= 0.6 is 0 Å². The van der Waals surface area contributed by atoms with E-state index < -0.39 is 24.1 Å². The molecule has 0 amide bonds. The van der Waals surface area contributed by atoms with E-state index in [1.807, 2.05) is 24.3 Å². The molecule has 0 N–H and O–H groups in total. The number of hydrogen-bond acceptors (Lipinski definition) is 3. The molecule has 3 aromatic rings. The smallest absolute Gasteiger partial charge is 0.231 e. The second-order valence-corrected chi connectivity index (χ2v) is 10.6. The summed E-state index contributed by atoms with van der Waals surface area (Å²) in [6, 6.07) is 16.5. The van der Waals surface area contributed by atoms with E-state index in [0.29, 0.717) is 29.7 Å². The number of hydrogen-bond donors (Lipinski definition) is 0. The molecule has 224 valence electrons. The van der Waals surface area contributed by atoms with Gasteiger partial charge in [0.15, 0.2) is 17.7 Å². The quantitative estimate of drug-likeness (QED) is 0.106. The lowest BCUT2D eigenvalue weighted by Crippen LogP contribution is -2.30. The zero-order chi connectivity index (χ0) is 29.5. The first-order valence-corrected chi connectivity index (χ1v) is 15.1. The third-order valence-corrected chi connectivity index (χ3v) is 7.27. The van der Waals surface area contributed by atoms with Crippen molar-refractivity contribution in [3.05, 3.63) is 72.3 Å². The van der Waals surface area contributed by atoms with Crippen molar-refractivity contribution in [2.75, 3.05) is 13.7 Å². The number of halogens is 3. The van der Waals surface area contributed by atoms with Crippen molar-refractivity contribution >= 4 is 0 Å². The second kappa shape index (κ2) is 17.7. The van der Waals surface area contributed by atoms with Crippen molar-refractivity contribution in [2.45, 2.75) is 96.9 Å². The van der Waals surface area contributed by atoms with Crippen molar-refractivity contribution < 1.29 is 27.4 Å². The SMILES string of the molecule is CCCCCCCCOc1ccc(-c2ccc(-c3ccc(O[C@@H](OC)C(F)CCCCCC)c(F)c3)cc2F)cc1. The number of ether oxygens (including phenoxy) is 3. The maximum absolute atomic E-state index is 15.1. The Kier molecular flexibility index (Phi) is 14.1. The predicted molar refractivity (Wildman–Crippen MR) is 161 cm³/mol. The van der Waals surface area contributed by atoms with E-state index in [4.69, 9.17) is 14.2 Å². The van der Waals surface area contributed by atoms with Gasteiger partial charge in [0, 0.05) is 12.7 Å². The standard InChI is InChI=1S/C35H45F3O3/c1-4-6-8-10-11-13-23-40-29-19-15-26(16-20-29)30-21-17-27(24-32(30)37)28-18-22-34(33(38)25-28)41-35(39-3)31(36)14-12-9-7-5-2/h15-22,24-25,31,35H,4-14,23H2,1-3H3/t31?,35-/m1/s1. The first-order chi connectivity index (χ1) is 20.0. The molecule has 0 aliphatic carbocycles. The number of rotatable bonds is 19. The van der Waals surface area contributed by atoms with Crippen LogP contribution in [-0.4, -0.2) is 26.2 Å². The summed E-state index contributed by atoms with van der Waals surface area (Å²) in [7, 11) is 1.34. The van der Waals surface area contributed by atoms with Crippen molar-refractivity contribution in [1.29, 1.82) is 0 Å². The highest BCUT2D eigenvalue weighted by atomic mass is 19.1. The molecule has 0 saturated carbocycles. The fourth-order valence-electron chi connectivity index (χ4n) is 4.80. The Hall–Kier alpha value is -2.99. The molecule has 0 heterocycles. The van der Waals surface area contributed by atoms with Crippen LogP contribution in [0.1, 0.15) is 84.5 Å². The van der Waals surface area contributed by atoms with E-state index in [-0.39, 0.29) is 5.75 Å². The summed E-state index contributed by atoms with van der Waals surface area (Å²) in [5, 5.41) is 0. The zero-order valence-corrected chi connectivity index (χ0v) is 24.8. The van der Waals surface area contributed by atoms with Crippen molar-refractivity contribution in [3.63, 3.8) is 0 Å². The Labute approximate surface area is 244 Å². The first-order valence-electron chi connectivity index (χ1n) is 15.1. The third kappa shape index (κ3) is 10.4. The van der Waals surface area contributed by atoms with Crippen molar-refractivity contribution in [2.24, 2.45) is 0 Å². The van der Waals surface area contributed by atoms with E-state index in [2.05, 4.69) is 13.8 Å². The van der Waals surface area contributed by atoms with Gasteiger partial charge in [0.05, 0.1) is 6.61 Å². The minimum Gasteiger partial charge on any atom is -0.494 e. The normalized spacial score (nSPS) is 12.7. The molecule has 3 rings (SSSR count). The van der Waals surface area contributed by atoms with Crippen LogP contribution in [0.4, 0.5) is 13.2 Å². The van der Waals surface area contributed by atoms with Crippen LogP contribution in [0.2, 0.25) is 0 Å². The fraction of sp³-hybridized carbons (Fsp3) is 0.486. The summed E-state index contributed by atoms with van der Waals surface area (Å²) in [6.07, 6.45) is 8.73. The Morgan fingerprint density at radius 1 is 0.659 bits per heavy atom. The van der Waals surface area contributed by atoms with Gasteiger partial charge in [0.1, 0.15) is 11.6 Å². The average molecular weight is 571 g/mol. The Morgan fingerprint density at radius 2 is 1.24 bits per heavy atom. The molecule has 0 bridgehead atoms. The minimum atomic E-state index is -1.36. The lowest BCUT2D eigenvalue weighted by molar-refractivity contribution is -0.105. The molecular weight excluding hydrogens is 525 g/mol. The van der Waals surface area contributed by atoms with Crippen molar-refractivity contribution in [3.8, 4) is 33.8 Å². The molecular formula is C35H45F3O3. The van der Waals surface area contributed by atoms with E-state index in [1.165, 1.54) is 57.4 Å². The number of benzene rings is 3. The fourth-order valence-corrected chi connectivity index (χ4v) is 4.80. The van der Waals surface area contributed by atoms with Gasteiger partial charge in [0.25, 0.3) is 0 Å². The molecule has 0 spiro atoms. The van der Waals surface area contributed by atoms with Gasteiger partial charge < -0.3 is 14.2 Å². The average Bonchev–Trinajstić information content (AvgIpc) is 2.98. The number of unbranched alkanes of at least 4 members (excludes halogenated alkanes) is 8. The summed E-state index contributed by atoms with van der Waals surface area (Å²) >= 11 is 0. The molecule has 3 nitrogen and oxygen atoms in total. The lowest BCUT2D eigenvalue weighted by atomic mass is 9.99. The van der Waals surface area contributed by atoms with Crippen LogP contribution < -0.4 is 9.47 Å². The monoisotopic (exact) mass is 570 g/mol. The predicted octanol–water partition coefficient (Wildman–Crippen LogP) is 10.7. The van der Waals surface area contributed by atoms with E-state index >= 15 is 4.39 Å². The van der Waals surface area contributed by atoms with Gasteiger partial charge in [-0.15, -0.1) is 0 Å². The Balaban J connectivity index is 1.58. The molecule has 0 aliphatic heterocycles. The van der Waals surface area contributed by atoms with Gasteiger partial charge >= 0.3 is 0 Å². The largest absolute Gasteiger partial charge is 0.494 e. The van der Waals surface area contributed by atoms with Crippen molar-refractivity contribution in [1.82, 2.24) is 0 Å². The maximum Gasteiger partial charge on any atom is 0.231 e. The topological polar surface area (TPSA) is 27.7 Å². The van der Waals surface area contributed by atoms with Gasteiger partial charge in [-0.25, -0.2) is 13.2 Å². The second-order valence-electron chi connectivity index (χ2n) is 10.6. The zero-order valence-electron chi connectivity index (χ0n) is 24.8. The highest BCUT2D eigenvalue weighted by Gasteiger charge is 2.23. The van der Waals surface area contributed by atoms with Crippen LogP contribution in [0.3, 0.4) is 0 Å². The van der Waals surface area contributed by atoms with Crippen LogP contribution in [0.25, 0.3) is 22.3 Å². The first kappa shape index (κ1) is 32.5. The highest BCUT2D eigenvalue weighted by molar-refractivity contribution is 5.71. The molecule has 3 aromatic carbocycles.